The molecule has 2 bridgehead atoms. The van der Waals surface area contributed by atoms with Gasteiger partial charge in [-0.05, 0) is 19.1 Å². The minimum Gasteiger partial charge on any atom is -0.481 e. The van der Waals surface area contributed by atoms with Crippen molar-refractivity contribution < 1.29 is 19.4 Å². The second kappa shape index (κ2) is 6.24. The number of para-hydroxylation sites is 1. The second-order valence-electron chi connectivity index (χ2n) is 6.77. The Balaban J connectivity index is 1.68. The Morgan fingerprint density at radius 1 is 1.11 bits per heavy atom. The number of aliphatic carboxylic acids is 1. The highest BCUT2D eigenvalue weighted by Gasteiger charge is 2.53. The van der Waals surface area contributed by atoms with Gasteiger partial charge in [0, 0.05) is 7.05 Å². The number of amides is 1. The van der Waals surface area contributed by atoms with E-state index in [1.807, 2.05) is 18.2 Å². The van der Waals surface area contributed by atoms with Gasteiger partial charge < -0.3 is 15.2 Å². The second-order valence-corrected chi connectivity index (χ2v) is 6.77. The molecular formula is C19H19N3O5. The van der Waals surface area contributed by atoms with Crippen LogP contribution in [0.25, 0.3) is 5.69 Å². The molecule has 27 heavy (non-hydrogen) atoms. The van der Waals surface area contributed by atoms with Crippen LogP contribution >= 0.6 is 0 Å². The van der Waals surface area contributed by atoms with Crippen LogP contribution in [-0.2, 0) is 21.4 Å². The Morgan fingerprint density at radius 2 is 1.74 bits per heavy atom. The number of nitrogens with one attached hydrogen (secondary N) is 1. The van der Waals surface area contributed by atoms with Crippen molar-refractivity contribution in [3.63, 3.8) is 0 Å². The highest BCUT2D eigenvalue weighted by molar-refractivity contribution is 5.97. The van der Waals surface area contributed by atoms with E-state index in [1.165, 1.54) is 4.68 Å². The molecule has 1 aromatic heterocycles. The number of ether oxygens (including phenoxy) is 1. The summed E-state index contributed by atoms with van der Waals surface area (Å²) >= 11 is 0. The van der Waals surface area contributed by atoms with Crippen LogP contribution in [0.3, 0.4) is 0 Å². The van der Waals surface area contributed by atoms with Gasteiger partial charge in [-0.2, -0.15) is 0 Å². The number of anilines is 1. The van der Waals surface area contributed by atoms with Crippen LogP contribution in [0.2, 0.25) is 0 Å². The van der Waals surface area contributed by atoms with E-state index in [9.17, 15) is 19.5 Å². The Bertz CT molecular complexity index is 1000. The van der Waals surface area contributed by atoms with Gasteiger partial charge in [0.2, 0.25) is 5.91 Å². The van der Waals surface area contributed by atoms with E-state index >= 15 is 0 Å². The number of hydrogen-bond acceptors (Lipinski definition) is 4. The molecule has 2 aliphatic rings. The number of carbonyl (C=O) groups is 2. The maximum atomic E-state index is 12.9. The fourth-order valence-corrected chi connectivity index (χ4v) is 3.83. The number of aromatic nitrogens is 2. The van der Waals surface area contributed by atoms with E-state index < -0.39 is 35.9 Å². The third-order valence-electron chi connectivity index (χ3n) is 5.29. The number of carboxylic acids is 1. The Morgan fingerprint density at radius 3 is 2.37 bits per heavy atom. The van der Waals surface area contributed by atoms with E-state index in [-0.39, 0.29) is 11.2 Å². The Kier molecular flexibility index (Phi) is 4.00. The molecule has 8 nitrogen and oxygen atoms in total. The van der Waals surface area contributed by atoms with Crippen LogP contribution < -0.4 is 10.9 Å². The standard InChI is InChI=1S/C19H19N3O5/c1-10-16(18(24)22(21(10)2)11-6-4-3-5-7-11)20-17(23)14-12-8-9-13(27-12)15(14)19(25)26/h3-9,12-15H,1-2H3,(H,20,23)(H,25,26). The number of nitrogens with zero attached hydrogens (tertiary/aromatic N) is 2. The predicted molar refractivity (Wildman–Crippen MR) is 96.8 cm³/mol. The maximum Gasteiger partial charge on any atom is 0.310 e. The first-order chi connectivity index (χ1) is 12.9. The number of benzene rings is 1. The number of carbonyl (C=O) groups excluding carboxylic acids is 1. The first-order valence-electron chi connectivity index (χ1n) is 8.61. The van der Waals surface area contributed by atoms with Crippen molar-refractivity contribution in [3.05, 3.63) is 58.5 Å². The molecular weight excluding hydrogens is 350 g/mol. The molecule has 1 fully saturated rings. The lowest BCUT2D eigenvalue weighted by Crippen LogP contribution is -2.40. The predicted octanol–water partition coefficient (Wildman–Crippen LogP) is 1.08. The van der Waals surface area contributed by atoms with Gasteiger partial charge in [-0.15, -0.1) is 0 Å². The maximum absolute atomic E-state index is 12.9. The van der Waals surface area contributed by atoms with Crippen LogP contribution in [0.5, 0.6) is 0 Å². The van der Waals surface area contributed by atoms with Crippen LogP contribution in [0.4, 0.5) is 5.69 Å². The quantitative estimate of drug-likeness (QED) is 0.785. The molecule has 4 atom stereocenters. The van der Waals surface area contributed by atoms with Gasteiger partial charge in [0.15, 0.2) is 0 Å². The number of hydrogen-bond donors (Lipinski definition) is 2. The molecule has 4 rings (SSSR count). The first-order valence-corrected chi connectivity index (χ1v) is 8.61. The Labute approximate surface area is 154 Å². The van der Waals surface area contributed by atoms with E-state index in [2.05, 4.69) is 5.32 Å². The minimum absolute atomic E-state index is 0.141. The molecule has 0 radical (unpaired) electrons. The smallest absolute Gasteiger partial charge is 0.310 e. The molecule has 2 N–H and O–H groups in total. The van der Waals surface area contributed by atoms with Gasteiger partial charge in [0.05, 0.1) is 29.5 Å². The average molecular weight is 369 g/mol. The third kappa shape index (κ3) is 2.60. The minimum atomic E-state index is -1.08. The van der Waals surface area contributed by atoms with Crippen molar-refractivity contribution in [1.29, 1.82) is 0 Å². The van der Waals surface area contributed by atoms with Crippen LogP contribution in [0.15, 0.2) is 47.3 Å². The molecule has 0 spiro atoms. The average Bonchev–Trinajstić information content (AvgIpc) is 3.32. The number of fused-ring (bicyclic) bond motifs is 2. The van der Waals surface area contributed by atoms with Crippen molar-refractivity contribution in [2.24, 2.45) is 18.9 Å². The zero-order chi connectivity index (χ0) is 19.3. The molecule has 2 aliphatic heterocycles. The highest BCUT2D eigenvalue weighted by atomic mass is 16.5. The van der Waals surface area contributed by atoms with Gasteiger partial charge in [0.1, 0.15) is 11.6 Å². The topological polar surface area (TPSA) is 103 Å². The summed E-state index contributed by atoms with van der Waals surface area (Å²) < 4.78 is 8.64. The van der Waals surface area contributed by atoms with Gasteiger partial charge in [-0.1, -0.05) is 30.4 Å². The zero-order valence-corrected chi connectivity index (χ0v) is 14.8. The first kappa shape index (κ1) is 17.3. The molecule has 0 saturated carbocycles. The monoisotopic (exact) mass is 369 g/mol. The zero-order valence-electron chi connectivity index (χ0n) is 14.8. The molecule has 3 heterocycles. The summed E-state index contributed by atoms with van der Waals surface area (Å²) in [6.45, 7) is 1.72. The van der Waals surface area contributed by atoms with Crippen LogP contribution in [0.1, 0.15) is 5.69 Å². The number of rotatable bonds is 4. The van der Waals surface area contributed by atoms with E-state index in [0.29, 0.717) is 11.4 Å². The van der Waals surface area contributed by atoms with E-state index in [1.54, 1.807) is 42.9 Å². The largest absolute Gasteiger partial charge is 0.481 e. The van der Waals surface area contributed by atoms with Crippen molar-refractivity contribution in [1.82, 2.24) is 9.36 Å². The molecule has 0 aliphatic carbocycles. The molecule has 1 saturated heterocycles. The third-order valence-corrected chi connectivity index (χ3v) is 5.29. The van der Waals surface area contributed by atoms with Crippen molar-refractivity contribution in [2.75, 3.05) is 5.32 Å². The SMILES string of the molecule is Cc1c(NC(=O)C2C3C=CC(O3)C2C(=O)O)c(=O)n(-c2ccccc2)n1C. The summed E-state index contributed by atoms with van der Waals surface area (Å²) in [5.74, 6) is -3.44. The summed E-state index contributed by atoms with van der Waals surface area (Å²) in [5.41, 5.74) is 1.01. The summed E-state index contributed by atoms with van der Waals surface area (Å²) in [5, 5.41) is 12.1. The molecule has 4 unspecified atom stereocenters. The van der Waals surface area contributed by atoms with Crippen molar-refractivity contribution >= 4 is 17.6 Å². The van der Waals surface area contributed by atoms with Crippen molar-refractivity contribution in [3.8, 4) is 5.69 Å². The van der Waals surface area contributed by atoms with Gasteiger partial charge in [-0.3, -0.25) is 19.1 Å². The van der Waals surface area contributed by atoms with Gasteiger partial charge >= 0.3 is 5.97 Å². The molecule has 1 amide bonds. The van der Waals surface area contributed by atoms with Crippen molar-refractivity contribution in [2.45, 2.75) is 19.1 Å². The molecule has 8 heteroatoms. The van der Waals surface area contributed by atoms with Gasteiger partial charge in [0.25, 0.3) is 5.56 Å². The summed E-state index contributed by atoms with van der Waals surface area (Å²) in [6.07, 6.45) is 2.18. The molecule has 1 aromatic carbocycles. The Hall–Kier alpha value is -3.13. The lowest BCUT2D eigenvalue weighted by Gasteiger charge is -2.20. The van der Waals surface area contributed by atoms with Crippen LogP contribution in [0, 0.1) is 18.8 Å². The lowest BCUT2D eigenvalue weighted by molar-refractivity contribution is -0.145. The highest BCUT2D eigenvalue weighted by Crippen LogP contribution is 2.39. The fraction of sp³-hybridized carbons (Fsp3) is 0.316. The fourth-order valence-electron chi connectivity index (χ4n) is 3.83. The van der Waals surface area contributed by atoms with Gasteiger partial charge in [-0.25, -0.2) is 4.68 Å². The summed E-state index contributed by atoms with van der Waals surface area (Å²) in [4.78, 5) is 37.3. The van der Waals surface area contributed by atoms with E-state index in [0.717, 1.165) is 0 Å². The summed E-state index contributed by atoms with van der Waals surface area (Å²) in [7, 11) is 1.73. The van der Waals surface area contributed by atoms with E-state index in [4.69, 9.17) is 4.74 Å². The lowest BCUT2D eigenvalue weighted by atomic mass is 9.82. The summed E-state index contributed by atoms with van der Waals surface area (Å²) in [6, 6.07) is 9.07. The normalized spacial score (nSPS) is 25.7. The number of carboxylic acid groups (broad SMARTS) is 1. The molecule has 2 aromatic rings. The van der Waals surface area contributed by atoms with Crippen LogP contribution in [-0.4, -0.2) is 38.6 Å². The molecule has 140 valence electrons.